The van der Waals surface area contributed by atoms with E-state index in [9.17, 15) is 0 Å². The molecule has 4 aliphatic rings. The molecule has 0 saturated heterocycles. The zero-order valence-electron chi connectivity index (χ0n) is 38.7. The van der Waals surface area contributed by atoms with E-state index in [1.807, 2.05) is 0 Å². The van der Waals surface area contributed by atoms with Crippen molar-refractivity contribution in [2.75, 3.05) is 9.80 Å². The average Bonchev–Trinajstić information content (AvgIpc) is 3.66. The first-order valence-corrected chi connectivity index (χ1v) is 22.8. The fraction of sp³-hybridized carbons (Fsp3) is 0.368. The lowest BCUT2D eigenvalue weighted by Gasteiger charge is -2.47. The van der Waals surface area contributed by atoms with Crippen LogP contribution in [0.2, 0.25) is 0 Å². The number of fused-ring (bicyclic) bond motifs is 10. The van der Waals surface area contributed by atoms with E-state index in [2.05, 4.69) is 197 Å². The van der Waals surface area contributed by atoms with Crippen LogP contribution in [0.4, 0.5) is 34.1 Å². The summed E-state index contributed by atoms with van der Waals surface area (Å²) in [4.78, 5) is 5.34. The fourth-order valence-corrected chi connectivity index (χ4v) is 12.5. The Balaban J connectivity index is 1.33. The van der Waals surface area contributed by atoms with E-state index in [1.165, 1.54) is 108 Å². The van der Waals surface area contributed by atoms with Gasteiger partial charge in [-0.25, -0.2) is 0 Å². The highest BCUT2D eigenvalue weighted by Gasteiger charge is 2.49. The Kier molecular flexibility index (Phi) is 7.76. The van der Waals surface area contributed by atoms with Gasteiger partial charge in [-0.05, 0) is 158 Å². The molecule has 1 aromatic heterocycles. The van der Waals surface area contributed by atoms with Crippen LogP contribution in [0.15, 0.2) is 101 Å². The molecule has 0 radical (unpaired) electrons. The second kappa shape index (κ2) is 12.2. The van der Waals surface area contributed by atoms with Crippen LogP contribution in [0.5, 0.6) is 0 Å². The number of benzene rings is 6. The highest BCUT2D eigenvalue weighted by atomic mass is 16.3. The number of hydrogen-bond acceptors (Lipinski definition) is 3. The van der Waals surface area contributed by atoms with E-state index in [0.717, 1.165) is 23.0 Å². The first-order valence-electron chi connectivity index (χ1n) is 22.8. The third kappa shape index (κ3) is 5.36. The second-order valence-corrected chi connectivity index (χ2v) is 22.9. The van der Waals surface area contributed by atoms with Gasteiger partial charge in [-0.3, -0.25) is 0 Å². The number of furan rings is 1. The molecule has 0 fully saturated rings. The number of nitrogens with zero attached hydrogens (tertiary/aromatic N) is 2. The van der Waals surface area contributed by atoms with Gasteiger partial charge in [0, 0.05) is 33.8 Å². The monoisotopic (exact) mass is 800 g/mol. The summed E-state index contributed by atoms with van der Waals surface area (Å²) in [6, 6.07) is 37.8. The third-order valence-corrected chi connectivity index (χ3v) is 15.7. The summed E-state index contributed by atoms with van der Waals surface area (Å²) >= 11 is 0. The molecular weight excluding hydrogens is 739 g/mol. The van der Waals surface area contributed by atoms with E-state index < -0.39 is 0 Å². The van der Waals surface area contributed by atoms with Gasteiger partial charge >= 0.3 is 0 Å². The number of rotatable bonds is 2. The van der Waals surface area contributed by atoms with Gasteiger partial charge < -0.3 is 14.2 Å². The van der Waals surface area contributed by atoms with Crippen LogP contribution in [0.25, 0.3) is 21.9 Å². The Bertz CT molecular complexity index is 3040. The molecule has 4 heteroatoms. The lowest BCUT2D eigenvalue weighted by molar-refractivity contribution is 0.332. The first-order chi connectivity index (χ1) is 28.7. The number of anilines is 6. The zero-order valence-corrected chi connectivity index (χ0v) is 38.7. The molecule has 7 aromatic rings. The molecule has 0 unspecified atom stereocenters. The normalized spacial score (nSPS) is 18.8. The molecule has 0 saturated carbocycles. The largest absolute Gasteiger partial charge is 0.456 e. The maximum Gasteiger partial charge on any atom is 0.252 e. The predicted molar refractivity (Wildman–Crippen MR) is 262 cm³/mol. The zero-order chi connectivity index (χ0) is 42.9. The lowest BCUT2D eigenvalue weighted by Crippen LogP contribution is -2.61. The average molecular weight is 801 g/mol. The van der Waals surface area contributed by atoms with Crippen molar-refractivity contribution in [3.63, 3.8) is 0 Å². The van der Waals surface area contributed by atoms with E-state index in [4.69, 9.17) is 4.42 Å². The molecule has 0 N–H and O–H groups in total. The van der Waals surface area contributed by atoms with Crippen molar-refractivity contribution >= 4 is 79.2 Å². The van der Waals surface area contributed by atoms with Gasteiger partial charge in [0.05, 0.1) is 11.1 Å². The molecule has 11 rings (SSSR count). The Hall–Kier alpha value is -5.22. The Morgan fingerprint density at radius 1 is 0.525 bits per heavy atom. The van der Waals surface area contributed by atoms with E-state index in [0.29, 0.717) is 0 Å². The predicted octanol–water partition coefficient (Wildman–Crippen LogP) is 13.9. The molecular formula is C57H61BN2O. The second-order valence-electron chi connectivity index (χ2n) is 22.9. The molecule has 61 heavy (non-hydrogen) atoms. The van der Waals surface area contributed by atoms with E-state index >= 15 is 0 Å². The molecule has 0 atom stereocenters. The molecule has 0 amide bonds. The van der Waals surface area contributed by atoms with Crippen molar-refractivity contribution in [1.29, 1.82) is 0 Å². The Morgan fingerprint density at radius 3 is 1.80 bits per heavy atom. The number of aryl methyl sites for hydroxylation is 2. The van der Waals surface area contributed by atoms with Crippen LogP contribution in [0.3, 0.4) is 0 Å². The van der Waals surface area contributed by atoms with Crippen LogP contribution in [-0.4, -0.2) is 6.71 Å². The molecule has 0 spiro atoms. The SMILES string of the molecule is Cc1cc2c(cc1N1c3cc4c(cc3B3c5ccc6oc7ccccc7c6c5N(c5ccccc5C)c5cc(C(C)(C)C)cc1c53)C(C)(C)CC4(C)C)C(C)(C)CCC2(C)C. The molecule has 308 valence electrons. The van der Waals surface area contributed by atoms with Gasteiger partial charge in [-0.15, -0.1) is 0 Å². The summed E-state index contributed by atoms with van der Waals surface area (Å²) in [6.45, 7) is 31.5. The third-order valence-electron chi connectivity index (χ3n) is 15.7. The molecule has 6 aromatic carbocycles. The van der Waals surface area contributed by atoms with Crippen LogP contribution < -0.4 is 26.2 Å². The summed E-state index contributed by atoms with van der Waals surface area (Å²) in [5.41, 5.74) is 23.7. The van der Waals surface area contributed by atoms with Crippen molar-refractivity contribution in [3.8, 4) is 0 Å². The molecule has 2 aliphatic carbocycles. The minimum Gasteiger partial charge on any atom is -0.456 e. The van der Waals surface area contributed by atoms with Gasteiger partial charge in [-0.2, -0.15) is 0 Å². The van der Waals surface area contributed by atoms with Crippen LogP contribution >= 0.6 is 0 Å². The number of hydrogen-bond donors (Lipinski definition) is 0. The van der Waals surface area contributed by atoms with Crippen molar-refractivity contribution in [2.45, 2.75) is 136 Å². The van der Waals surface area contributed by atoms with Crippen molar-refractivity contribution < 1.29 is 4.42 Å². The Labute approximate surface area is 364 Å². The molecule has 0 bridgehead atoms. The number of para-hydroxylation sites is 2. The maximum absolute atomic E-state index is 6.72. The van der Waals surface area contributed by atoms with Crippen molar-refractivity contribution in [2.24, 2.45) is 0 Å². The van der Waals surface area contributed by atoms with Gasteiger partial charge in [0.25, 0.3) is 6.71 Å². The van der Waals surface area contributed by atoms with Crippen LogP contribution in [-0.2, 0) is 27.1 Å². The smallest absolute Gasteiger partial charge is 0.252 e. The quantitative estimate of drug-likeness (QED) is 0.162. The van der Waals surface area contributed by atoms with E-state index in [1.54, 1.807) is 0 Å². The molecule has 3 nitrogen and oxygen atoms in total. The van der Waals surface area contributed by atoms with Gasteiger partial charge in [0.1, 0.15) is 11.2 Å². The standard InChI is InChI=1S/C57H61BN2O/c1-33-18-14-16-20-43(33)60-47-28-35(53(3,4)5)27-46-51(47)58(41-22-23-49-50(52(41)60)36-19-15-17-21-48(36)61-49)42-29-38-40(57(12,13)32-56(38,10)11)31-45(42)59(46)44-30-39-37(26-34(44)2)54(6,7)24-25-55(39,8)9/h14-23,26-31H,24-25,32H2,1-13H3. The van der Waals surface area contributed by atoms with Gasteiger partial charge in [0.15, 0.2) is 0 Å². The Morgan fingerprint density at radius 2 is 1.11 bits per heavy atom. The minimum atomic E-state index is -0.111. The fourth-order valence-electron chi connectivity index (χ4n) is 12.5. The molecule has 2 aliphatic heterocycles. The summed E-state index contributed by atoms with van der Waals surface area (Å²) in [5, 5.41) is 2.35. The summed E-state index contributed by atoms with van der Waals surface area (Å²) in [5.74, 6) is 0. The minimum absolute atomic E-state index is 0.0109. The highest BCUT2D eigenvalue weighted by molar-refractivity contribution is 7.00. The van der Waals surface area contributed by atoms with Crippen LogP contribution in [0, 0.1) is 13.8 Å². The lowest BCUT2D eigenvalue weighted by atomic mass is 9.33. The summed E-state index contributed by atoms with van der Waals surface area (Å²) in [7, 11) is 0. The van der Waals surface area contributed by atoms with E-state index in [-0.39, 0.29) is 33.8 Å². The van der Waals surface area contributed by atoms with Crippen molar-refractivity contribution in [1.82, 2.24) is 0 Å². The van der Waals surface area contributed by atoms with Gasteiger partial charge in [0.2, 0.25) is 0 Å². The summed E-state index contributed by atoms with van der Waals surface area (Å²) in [6.07, 6.45) is 3.50. The van der Waals surface area contributed by atoms with Crippen molar-refractivity contribution in [3.05, 3.63) is 136 Å². The van der Waals surface area contributed by atoms with Crippen LogP contribution in [0.1, 0.15) is 134 Å². The highest BCUT2D eigenvalue weighted by Crippen LogP contribution is 2.55. The first kappa shape index (κ1) is 38.7. The summed E-state index contributed by atoms with van der Waals surface area (Å²) < 4.78 is 6.72. The topological polar surface area (TPSA) is 19.6 Å². The molecule has 3 heterocycles. The van der Waals surface area contributed by atoms with Gasteiger partial charge in [-0.1, -0.05) is 131 Å². The maximum atomic E-state index is 6.72.